The summed E-state index contributed by atoms with van der Waals surface area (Å²) in [6.45, 7) is 7.72. The Labute approximate surface area is 106 Å². The maximum absolute atomic E-state index is 13.9. The fourth-order valence-corrected chi connectivity index (χ4v) is 2.12. The minimum atomic E-state index is -0.370. The van der Waals surface area contributed by atoms with Gasteiger partial charge >= 0.3 is 0 Å². The summed E-state index contributed by atoms with van der Waals surface area (Å²) in [5.74, 6) is -0.285. The normalized spacial score (nSPS) is 12.8. The van der Waals surface area contributed by atoms with Crippen LogP contribution in [0.4, 0.5) is 4.39 Å². The van der Waals surface area contributed by atoms with Gasteiger partial charge in [-0.15, -0.1) is 0 Å². The molecule has 0 bridgehead atoms. The van der Waals surface area contributed by atoms with Crippen LogP contribution < -0.4 is 5.73 Å². The van der Waals surface area contributed by atoms with Gasteiger partial charge in [-0.05, 0) is 45.4 Å². The molecule has 0 radical (unpaired) electrons. The Hall–Kier alpha value is -1.68. The largest absolute Gasteiger partial charge is 0.324 e. The average Bonchev–Trinajstić information content (AvgIpc) is 2.56. The molecule has 0 aliphatic rings. The lowest BCUT2D eigenvalue weighted by Crippen LogP contribution is -2.13. The lowest BCUT2D eigenvalue weighted by Gasteiger charge is -2.15. The molecule has 0 saturated carbocycles. The van der Waals surface area contributed by atoms with Crippen LogP contribution in [-0.4, -0.2) is 9.78 Å². The summed E-state index contributed by atoms with van der Waals surface area (Å²) in [6, 6.07) is 4.59. The molecule has 18 heavy (non-hydrogen) atoms. The number of hydrogen-bond acceptors (Lipinski definition) is 2. The smallest absolute Gasteiger partial charge is 0.130 e. The van der Waals surface area contributed by atoms with Crippen LogP contribution >= 0.6 is 0 Å². The van der Waals surface area contributed by atoms with Crippen molar-refractivity contribution in [3.05, 3.63) is 46.5 Å². The highest BCUT2D eigenvalue weighted by molar-refractivity contribution is 5.45. The van der Waals surface area contributed by atoms with Gasteiger partial charge in [0.1, 0.15) is 5.82 Å². The van der Waals surface area contributed by atoms with Crippen LogP contribution in [0.1, 0.15) is 35.5 Å². The fraction of sp³-hybridized carbons (Fsp3) is 0.357. The fourth-order valence-electron chi connectivity index (χ4n) is 2.12. The minimum Gasteiger partial charge on any atom is -0.324 e. The number of aryl methyl sites for hydroxylation is 1. The van der Waals surface area contributed by atoms with Crippen molar-refractivity contribution in [2.24, 2.45) is 5.73 Å². The van der Waals surface area contributed by atoms with E-state index in [0.29, 0.717) is 5.56 Å². The van der Waals surface area contributed by atoms with Crippen molar-refractivity contribution in [1.29, 1.82) is 0 Å². The van der Waals surface area contributed by atoms with Crippen molar-refractivity contribution in [1.82, 2.24) is 9.78 Å². The average molecular weight is 247 g/mol. The molecule has 96 valence electrons. The van der Waals surface area contributed by atoms with Gasteiger partial charge in [-0.2, -0.15) is 5.10 Å². The molecule has 4 heteroatoms. The molecule has 0 aliphatic heterocycles. The van der Waals surface area contributed by atoms with Gasteiger partial charge < -0.3 is 5.73 Å². The lowest BCUT2D eigenvalue weighted by atomic mass is 10.1. The van der Waals surface area contributed by atoms with Crippen molar-refractivity contribution < 1.29 is 4.39 Å². The lowest BCUT2D eigenvalue weighted by molar-refractivity contribution is 0.588. The first-order valence-electron chi connectivity index (χ1n) is 6.00. The van der Waals surface area contributed by atoms with Gasteiger partial charge in [-0.25, -0.2) is 9.07 Å². The Morgan fingerprint density at radius 3 is 2.44 bits per heavy atom. The summed E-state index contributed by atoms with van der Waals surface area (Å²) in [4.78, 5) is 0. The third-order valence-electron chi connectivity index (χ3n) is 3.37. The number of halogens is 1. The summed E-state index contributed by atoms with van der Waals surface area (Å²) >= 11 is 0. The predicted molar refractivity (Wildman–Crippen MR) is 70.3 cm³/mol. The molecule has 0 spiro atoms. The number of aromatic nitrogens is 2. The van der Waals surface area contributed by atoms with E-state index in [-0.39, 0.29) is 11.9 Å². The zero-order valence-electron chi connectivity index (χ0n) is 11.2. The molecule has 2 aromatic rings. The second-order valence-electron chi connectivity index (χ2n) is 4.67. The summed E-state index contributed by atoms with van der Waals surface area (Å²) < 4.78 is 15.7. The van der Waals surface area contributed by atoms with Crippen LogP contribution in [0.2, 0.25) is 0 Å². The zero-order valence-corrected chi connectivity index (χ0v) is 11.2. The molecule has 1 unspecified atom stereocenters. The third-order valence-corrected chi connectivity index (χ3v) is 3.37. The molecule has 1 aromatic heterocycles. The van der Waals surface area contributed by atoms with Crippen LogP contribution in [-0.2, 0) is 0 Å². The van der Waals surface area contributed by atoms with E-state index in [0.717, 1.165) is 22.6 Å². The van der Waals surface area contributed by atoms with E-state index in [1.165, 1.54) is 6.07 Å². The molecule has 0 amide bonds. The molecule has 2 rings (SSSR count). The molecule has 0 saturated heterocycles. The van der Waals surface area contributed by atoms with Gasteiger partial charge in [0, 0.05) is 17.3 Å². The van der Waals surface area contributed by atoms with Crippen molar-refractivity contribution in [3.63, 3.8) is 0 Å². The van der Waals surface area contributed by atoms with E-state index in [1.807, 2.05) is 26.8 Å². The van der Waals surface area contributed by atoms with E-state index in [4.69, 9.17) is 5.73 Å². The Morgan fingerprint density at radius 1 is 1.28 bits per heavy atom. The molecule has 1 aromatic carbocycles. The second-order valence-corrected chi connectivity index (χ2v) is 4.67. The van der Waals surface area contributed by atoms with E-state index < -0.39 is 0 Å². The van der Waals surface area contributed by atoms with Gasteiger partial charge in [-0.1, -0.05) is 6.07 Å². The number of nitrogens with zero attached hydrogens (tertiary/aromatic N) is 2. The molecule has 1 heterocycles. The number of hydrogen-bond donors (Lipinski definition) is 1. The number of rotatable bonds is 2. The number of benzene rings is 1. The van der Waals surface area contributed by atoms with Crippen molar-refractivity contribution >= 4 is 0 Å². The molecule has 0 fully saturated rings. The zero-order chi connectivity index (χ0) is 13.4. The first-order chi connectivity index (χ1) is 8.43. The first-order valence-corrected chi connectivity index (χ1v) is 6.00. The standard InChI is InChI=1S/C14H18FN3/c1-8-10(3)17-18(11(8)4)13-7-5-6-12(15)14(13)9(2)16/h5-7,9H,16H2,1-4H3. The molecule has 3 nitrogen and oxygen atoms in total. The summed E-state index contributed by atoms with van der Waals surface area (Å²) in [7, 11) is 0. The Balaban J connectivity index is 2.71. The van der Waals surface area contributed by atoms with Crippen LogP contribution in [0.15, 0.2) is 18.2 Å². The highest BCUT2D eigenvalue weighted by Crippen LogP contribution is 2.25. The van der Waals surface area contributed by atoms with E-state index >= 15 is 0 Å². The van der Waals surface area contributed by atoms with Crippen molar-refractivity contribution in [3.8, 4) is 5.69 Å². The van der Waals surface area contributed by atoms with Crippen LogP contribution in [0.3, 0.4) is 0 Å². The second kappa shape index (κ2) is 4.53. The maximum Gasteiger partial charge on any atom is 0.130 e. The summed E-state index contributed by atoms with van der Waals surface area (Å²) in [5.41, 5.74) is 10.2. The van der Waals surface area contributed by atoms with Gasteiger partial charge in [0.2, 0.25) is 0 Å². The predicted octanol–water partition coefficient (Wildman–Crippen LogP) is 2.96. The monoisotopic (exact) mass is 247 g/mol. The van der Waals surface area contributed by atoms with Crippen LogP contribution in [0.5, 0.6) is 0 Å². The highest BCUT2D eigenvalue weighted by atomic mass is 19.1. The first kappa shape index (κ1) is 12.8. The maximum atomic E-state index is 13.9. The SMILES string of the molecule is Cc1nn(-c2cccc(F)c2C(C)N)c(C)c1C. The molecule has 2 N–H and O–H groups in total. The Bertz CT molecular complexity index is 585. The summed E-state index contributed by atoms with van der Waals surface area (Å²) in [6.07, 6.45) is 0. The topological polar surface area (TPSA) is 43.8 Å². The Kier molecular flexibility index (Phi) is 3.22. The van der Waals surface area contributed by atoms with Crippen molar-refractivity contribution in [2.45, 2.75) is 33.7 Å². The Morgan fingerprint density at radius 2 is 1.94 bits per heavy atom. The molecular weight excluding hydrogens is 229 g/mol. The van der Waals surface area contributed by atoms with E-state index in [9.17, 15) is 4.39 Å². The quantitative estimate of drug-likeness (QED) is 0.886. The summed E-state index contributed by atoms with van der Waals surface area (Å²) in [5, 5.41) is 4.46. The molecule has 0 aliphatic carbocycles. The third kappa shape index (κ3) is 1.93. The van der Waals surface area contributed by atoms with Crippen LogP contribution in [0, 0.1) is 26.6 Å². The minimum absolute atomic E-state index is 0.285. The van der Waals surface area contributed by atoms with Gasteiger partial charge in [0.15, 0.2) is 0 Å². The van der Waals surface area contributed by atoms with Gasteiger partial charge in [0.05, 0.1) is 11.4 Å². The van der Waals surface area contributed by atoms with E-state index in [2.05, 4.69) is 5.10 Å². The highest BCUT2D eigenvalue weighted by Gasteiger charge is 2.17. The molecular formula is C14H18FN3. The van der Waals surface area contributed by atoms with Crippen molar-refractivity contribution in [2.75, 3.05) is 0 Å². The van der Waals surface area contributed by atoms with Gasteiger partial charge in [-0.3, -0.25) is 0 Å². The van der Waals surface area contributed by atoms with Crippen LogP contribution in [0.25, 0.3) is 5.69 Å². The van der Waals surface area contributed by atoms with Gasteiger partial charge in [0.25, 0.3) is 0 Å². The van der Waals surface area contributed by atoms with E-state index in [1.54, 1.807) is 17.7 Å². The molecule has 1 atom stereocenters. The number of nitrogens with two attached hydrogens (primary N) is 1.